The van der Waals surface area contributed by atoms with Crippen molar-refractivity contribution in [1.82, 2.24) is 15.1 Å². The lowest BCUT2D eigenvalue weighted by Crippen LogP contribution is -2.36. The average Bonchev–Trinajstić information content (AvgIpc) is 2.81. The highest BCUT2D eigenvalue weighted by molar-refractivity contribution is 5.97. The van der Waals surface area contributed by atoms with Crippen molar-refractivity contribution < 1.29 is 0 Å². The van der Waals surface area contributed by atoms with Crippen LogP contribution in [0, 0.1) is 5.92 Å². The van der Waals surface area contributed by atoms with Crippen LogP contribution in [-0.2, 0) is 6.42 Å². The summed E-state index contributed by atoms with van der Waals surface area (Å²) in [5.41, 5.74) is 5.58. The molecule has 0 saturated heterocycles. The second kappa shape index (κ2) is 8.40. The van der Waals surface area contributed by atoms with Crippen molar-refractivity contribution in [2.45, 2.75) is 31.7 Å². The van der Waals surface area contributed by atoms with E-state index in [1.54, 1.807) is 0 Å². The molecule has 1 aromatic heterocycles. The number of hydrogen-bond donors (Lipinski definition) is 2. The van der Waals surface area contributed by atoms with E-state index in [1.807, 2.05) is 12.1 Å². The topological polar surface area (TPSA) is 61.0 Å². The highest BCUT2D eigenvalue weighted by atomic mass is 16.1. The molecule has 3 unspecified atom stereocenters. The van der Waals surface area contributed by atoms with Gasteiger partial charge in [0.15, 0.2) is 0 Å². The van der Waals surface area contributed by atoms with Crippen molar-refractivity contribution in [1.29, 1.82) is 0 Å². The van der Waals surface area contributed by atoms with Gasteiger partial charge in [0, 0.05) is 17.6 Å². The van der Waals surface area contributed by atoms with Gasteiger partial charge in [0.25, 0.3) is 5.56 Å². The molecule has 1 aliphatic carbocycles. The van der Waals surface area contributed by atoms with E-state index < -0.39 is 0 Å². The summed E-state index contributed by atoms with van der Waals surface area (Å²) < 4.78 is 0. The number of anilines is 1. The van der Waals surface area contributed by atoms with E-state index in [-0.39, 0.29) is 17.5 Å². The Labute approximate surface area is 188 Å². The van der Waals surface area contributed by atoms with Gasteiger partial charge in [-0.05, 0) is 61.7 Å². The van der Waals surface area contributed by atoms with Gasteiger partial charge in [-0.25, -0.2) is 5.10 Å². The van der Waals surface area contributed by atoms with Crippen LogP contribution in [0.2, 0.25) is 0 Å². The number of nitrogens with one attached hydrogen (secondary N) is 2. The van der Waals surface area contributed by atoms with Gasteiger partial charge < -0.3 is 10.2 Å². The zero-order valence-electron chi connectivity index (χ0n) is 18.9. The van der Waals surface area contributed by atoms with Crippen LogP contribution >= 0.6 is 0 Å². The summed E-state index contributed by atoms with van der Waals surface area (Å²) >= 11 is 0. The Bertz CT molecular complexity index is 1250. The minimum Gasteiger partial charge on any atom is -0.377 e. The Morgan fingerprint density at radius 2 is 1.94 bits per heavy atom. The van der Waals surface area contributed by atoms with Crippen LogP contribution in [0.25, 0.3) is 10.8 Å². The largest absolute Gasteiger partial charge is 0.377 e. The SMILES string of the molecule is CCc1ccc(C2c3n[nH]c(=O)c4cccc(c34)NC2C2=CCC(CN(C)C)C=C2)cc1. The van der Waals surface area contributed by atoms with Crippen LogP contribution in [0.3, 0.4) is 0 Å². The number of nitrogens with zero attached hydrogens (tertiary/aromatic N) is 2. The van der Waals surface area contributed by atoms with Crippen molar-refractivity contribution >= 4 is 16.5 Å². The number of rotatable bonds is 5. The second-order valence-electron chi connectivity index (χ2n) is 9.18. The fraction of sp³-hybridized carbons (Fsp3) is 0.333. The maximum absolute atomic E-state index is 12.5. The maximum atomic E-state index is 12.5. The fourth-order valence-electron chi connectivity index (χ4n) is 5.10. The van der Waals surface area contributed by atoms with E-state index in [2.05, 4.69) is 90.0 Å². The monoisotopic (exact) mass is 426 g/mol. The molecule has 0 amide bonds. The maximum Gasteiger partial charge on any atom is 0.272 e. The summed E-state index contributed by atoms with van der Waals surface area (Å²) in [6.07, 6.45) is 9.03. The van der Waals surface area contributed by atoms with Crippen LogP contribution < -0.4 is 10.9 Å². The molecule has 3 aromatic rings. The number of H-pyrrole nitrogens is 1. The summed E-state index contributed by atoms with van der Waals surface area (Å²) in [5.74, 6) is 0.543. The van der Waals surface area contributed by atoms with Crippen molar-refractivity contribution in [2.75, 3.05) is 26.0 Å². The first kappa shape index (κ1) is 20.7. The van der Waals surface area contributed by atoms with Gasteiger partial charge in [-0.2, -0.15) is 5.10 Å². The van der Waals surface area contributed by atoms with E-state index >= 15 is 0 Å². The van der Waals surface area contributed by atoms with Crippen LogP contribution in [0.4, 0.5) is 5.69 Å². The van der Waals surface area contributed by atoms with Gasteiger partial charge in [0.1, 0.15) is 0 Å². The van der Waals surface area contributed by atoms with Crippen LogP contribution in [0.15, 0.2) is 71.1 Å². The first-order chi connectivity index (χ1) is 15.5. The first-order valence-electron chi connectivity index (χ1n) is 11.4. The number of allylic oxidation sites excluding steroid dienone is 1. The Hall–Kier alpha value is -3.18. The van der Waals surface area contributed by atoms with Crippen molar-refractivity contribution in [3.63, 3.8) is 0 Å². The van der Waals surface area contributed by atoms with Gasteiger partial charge in [-0.1, -0.05) is 55.5 Å². The highest BCUT2D eigenvalue weighted by Gasteiger charge is 2.35. The summed E-state index contributed by atoms with van der Waals surface area (Å²) in [6, 6.07) is 14.8. The molecule has 164 valence electrons. The van der Waals surface area contributed by atoms with E-state index in [0.29, 0.717) is 11.3 Å². The van der Waals surface area contributed by atoms with Gasteiger partial charge in [0.2, 0.25) is 0 Å². The summed E-state index contributed by atoms with van der Waals surface area (Å²) in [7, 11) is 4.24. The molecule has 2 heterocycles. The van der Waals surface area contributed by atoms with Gasteiger partial charge in [-0.15, -0.1) is 0 Å². The number of benzene rings is 2. The minimum absolute atomic E-state index is 0.0106. The minimum atomic E-state index is -0.144. The van der Waals surface area contributed by atoms with Crippen LogP contribution in [0.5, 0.6) is 0 Å². The zero-order chi connectivity index (χ0) is 22.2. The average molecular weight is 427 g/mol. The third-order valence-electron chi connectivity index (χ3n) is 6.71. The molecule has 5 nitrogen and oxygen atoms in total. The predicted molar refractivity (Wildman–Crippen MR) is 131 cm³/mol. The molecule has 2 aliphatic rings. The summed E-state index contributed by atoms with van der Waals surface area (Å²) in [4.78, 5) is 14.7. The van der Waals surface area contributed by atoms with Gasteiger partial charge >= 0.3 is 0 Å². The van der Waals surface area contributed by atoms with Crippen molar-refractivity contribution in [2.24, 2.45) is 5.92 Å². The third kappa shape index (κ3) is 3.67. The summed E-state index contributed by atoms with van der Waals surface area (Å²) in [5, 5.41) is 12.7. The summed E-state index contributed by atoms with van der Waals surface area (Å²) in [6.45, 7) is 3.22. The number of aromatic nitrogens is 2. The standard InChI is InChI=1S/C27H30N4O/c1-4-17-8-12-19(13-9-17)23-25(20-14-10-18(11-15-20)16-31(2)3)28-22-7-5-6-21-24(22)26(23)29-30-27(21)32/h5-10,12-15,18,23,25,28H,4,11,16H2,1-3H3,(H,30,32). The van der Waals surface area contributed by atoms with E-state index in [1.165, 1.54) is 16.7 Å². The smallest absolute Gasteiger partial charge is 0.272 e. The fourth-order valence-corrected chi connectivity index (χ4v) is 5.10. The van der Waals surface area contributed by atoms with E-state index in [9.17, 15) is 4.79 Å². The van der Waals surface area contributed by atoms with Crippen molar-refractivity contribution in [3.8, 4) is 0 Å². The van der Waals surface area contributed by atoms with Gasteiger partial charge in [0.05, 0.1) is 23.0 Å². The molecule has 2 N–H and O–H groups in total. The Morgan fingerprint density at radius 3 is 2.62 bits per heavy atom. The molecule has 0 bridgehead atoms. The quantitative estimate of drug-likeness (QED) is 0.632. The Kier molecular flexibility index (Phi) is 5.43. The molecule has 3 atom stereocenters. The number of aryl methyl sites for hydroxylation is 1. The predicted octanol–water partition coefficient (Wildman–Crippen LogP) is 4.48. The van der Waals surface area contributed by atoms with Crippen molar-refractivity contribution in [3.05, 3.63) is 93.4 Å². The second-order valence-corrected chi connectivity index (χ2v) is 9.18. The lowest BCUT2D eigenvalue weighted by atomic mass is 9.78. The Balaban J connectivity index is 1.61. The highest BCUT2D eigenvalue weighted by Crippen LogP contribution is 2.43. The number of hydrogen-bond acceptors (Lipinski definition) is 4. The molecule has 0 radical (unpaired) electrons. The lowest BCUT2D eigenvalue weighted by Gasteiger charge is -2.36. The first-order valence-corrected chi connectivity index (χ1v) is 11.4. The van der Waals surface area contributed by atoms with E-state index in [0.717, 1.165) is 36.2 Å². The molecule has 5 rings (SSSR count). The number of aromatic amines is 1. The van der Waals surface area contributed by atoms with E-state index in [4.69, 9.17) is 0 Å². The van der Waals surface area contributed by atoms with Crippen LogP contribution in [-0.4, -0.2) is 41.8 Å². The third-order valence-corrected chi connectivity index (χ3v) is 6.71. The molecule has 5 heteroatoms. The molecule has 0 fully saturated rings. The Morgan fingerprint density at radius 1 is 1.12 bits per heavy atom. The molecule has 2 aromatic carbocycles. The molecule has 0 spiro atoms. The van der Waals surface area contributed by atoms with Gasteiger partial charge in [-0.3, -0.25) is 4.79 Å². The molecule has 0 saturated carbocycles. The molecule has 32 heavy (non-hydrogen) atoms. The zero-order valence-corrected chi connectivity index (χ0v) is 18.9. The van der Waals surface area contributed by atoms with Crippen LogP contribution in [0.1, 0.15) is 36.1 Å². The molecule has 1 aliphatic heterocycles. The lowest BCUT2D eigenvalue weighted by molar-refractivity contribution is 0.358. The normalized spacial score (nSPS) is 22.1. The molecular formula is C27H30N4O. The molecular weight excluding hydrogens is 396 g/mol.